The Morgan fingerprint density at radius 1 is 0.515 bits per heavy atom. The van der Waals surface area contributed by atoms with Gasteiger partial charge in [-0.15, -0.1) is 0 Å². The van der Waals surface area contributed by atoms with Gasteiger partial charge in [0.25, 0.3) is 0 Å². The molecule has 0 aromatic heterocycles. The molecule has 0 aromatic rings. The van der Waals surface area contributed by atoms with E-state index in [1.807, 2.05) is 33.3 Å². The van der Waals surface area contributed by atoms with Crippen LogP contribution in [0.5, 0.6) is 0 Å². The molecule has 3 atom stereocenters. The monoisotopic (exact) mass is 978 g/mol. The second-order valence-corrected chi connectivity index (χ2v) is 21.9. The van der Waals surface area contributed by atoms with Gasteiger partial charge in [-0.05, 0) is 70.3 Å². The molecule has 2 N–H and O–H groups in total. The molecule has 0 fully saturated rings. The lowest BCUT2D eigenvalue weighted by Gasteiger charge is -2.27. The molecule has 0 bridgehead atoms. The number of amides is 1. The number of carbonyl (C=O) groups excluding carboxylic acids is 2. The number of phosphoric ester groups is 1. The summed E-state index contributed by atoms with van der Waals surface area (Å²) < 4.78 is 30.6. The number of phosphoric acid groups is 1. The number of quaternary nitrogens is 1. The maximum Gasteiger partial charge on any atom is 0.472 e. The van der Waals surface area contributed by atoms with E-state index in [2.05, 4.69) is 62.5 Å². The molecule has 0 heterocycles. The number of allylic oxidation sites excluding steroid dienone is 7. The van der Waals surface area contributed by atoms with E-state index >= 15 is 0 Å². The van der Waals surface area contributed by atoms with Gasteiger partial charge in [-0.3, -0.25) is 18.6 Å². The van der Waals surface area contributed by atoms with Gasteiger partial charge in [0.1, 0.15) is 19.3 Å². The minimum atomic E-state index is -4.44. The maximum atomic E-state index is 13.4. The highest BCUT2D eigenvalue weighted by molar-refractivity contribution is 7.47. The Hall–Kier alpha value is -2.03. The van der Waals surface area contributed by atoms with E-state index in [9.17, 15) is 19.0 Å². The normalized spacial score (nSPS) is 14.2. The molecule has 3 unspecified atom stereocenters. The zero-order chi connectivity index (χ0) is 50.1. The predicted molar refractivity (Wildman–Crippen MR) is 291 cm³/mol. The second-order valence-electron chi connectivity index (χ2n) is 20.5. The van der Waals surface area contributed by atoms with Crippen LogP contribution in [-0.2, 0) is 27.9 Å². The zero-order valence-corrected chi connectivity index (χ0v) is 46.2. The van der Waals surface area contributed by atoms with Crippen molar-refractivity contribution in [3.63, 3.8) is 0 Å². The smallest absolute Gasteiger partial charge is 0.456 e. The third kappa shape index (κ3) is 49.0. The second kappa shape index (κ2) is 48.6. The third-order valence-corrected chi connectivity index (χ3v) is 13.5. The van der Waals surface area contributed by atoms with Gasteiger partial charge in [-0.25, -0.2) is 4.57 Å². The summed E-state index contributed by atoms with van der Waals surface area (Å²) in [5.74, 6) is -0.516. The maximum absolute atomic E-state index is 13.4. The number of carbonyl (C=O) groups is 2. The van der Waals surface area contributed by atoms with Crippen molar-refractivity contribution in [2.45, 2.75) is 270 Å². The Balaban J connectivity index is 5.32. The van der Waals surface area contributed by atoms with Crippen LogP contribution in [0.1, 0.15) is 258 Å². The number of unbranched alkanes of at least 4 members (excludes halogenated alkanes) is 29. The summed E-state index contributed by atoms with van der Waals surface area (Å²) in [6.07, 6.45) is 58.1. The molecular formula is C58H110N2O7P+. The quantitative estimate of drug-likeness (QED) is 0.0205. The Labute approximate surface area is 420 Å². The molecule has 0 aliphatic heterocycles. The number of rotatable bonds is 51. The van der Waals surface area contributed by atoms with Crippen molar-refractivity contribution in [2.75, 3.05) is 40.9 Å². The first-order chi connectivity index (χ1) is 32.9. The van der Waals surface area contributed by atoms with Crippen LogP contribution in [0, 0.1) is 0 Å². The van der Waals surface area contributed by atoms with Gasteiger partial charge in [-0.1, -0.05) is 224 Å². The topological polar surface area (TPSA) is 111 Å². The van der Waals surface area contributed by atoms with Crippen molar-refractivity contribution in [1.29, 1.82) is 0 Å². The van der Waals surface area contributed by atoms with E-state index in [-0.39, 0.29) is 31.5 Å². The number of nitrogens with one attached hydrogen (secondary N) is 1. The zero-order valence-electron chi connectivity index (χ0n) is 45.3. The number of hydrogen-bond acceptors (Lipinski definition) is 6. The molecule has 0 aromatic carbocycles. The molecule has 0 rings (SSSR count). The first-order valence-corrected chi connectivity index (χ1v) is 30.0. The van der Waals surface area contributed by atoms with Crippen LogP contribution in [0.15, 0.2) is 48.6 Å². The Kier molecular flexibility index (Phi) is 47.1. The van der Waals surface area contributed by atoms with Gasteiger partial charge in [0.05, 0.1) is 33.8 Å². The molecule has 68 heavy (non-hydrogen) atoms. The largest absolute Gasteiger partial charge is 0.472 e. The molecule has 10 heteroatoms. The van der Waals surface area contributed by atoms with E-state index in [0.717, 1.165) is 83.5 Å². The highest BCUT2D eigenvalue weighted by Gasteiger charge is 2.30. The fourth-order valence-electron chi connectivity index (χ4n) is 8.06. The van der Waals surface area contributed by atoms with Gasteiger partial charge in [-0.2, -0.15) is 0 Å². The van der Waals surface area contributed by atoms with Crippen LogP contribution in [0.25, 0.3) is 0 Å². The summed E-state index contributed by atoms with van der Waals surface area (Å²) in [5, 5.41) is 3.04. The SMILES string of the molecule is CCCCC/C=C\C/C=C\C/C=C\CCCCCCCCC(=O)OC(/C=C/CCCCCCCCCCCC)C(COP(=O)(O)OCC[N+](C)(C)C)NC(=O)CCCCCCCCCCCCC. The van der Waals surface area contributed by atoms with E-state index < -0.39 is 20.0 Å². The van der Waals surface area contributed by atoms with E-state index in [4.69, 9.17) is 13.8 Å². The molecule has 1 amide bonds. The van der Waals surface area contributed by atoms with Crippen LogP contribution in [0.2, 0.25) is 0 Å². The van der Waals surface area contributed by atoms with E-state index in [1.165, 1.54) is 141 Å². The summed E-state index contributed by atoms with van der Waals surface area (Å²) in [7, 11) is 1.49. The molecule has 0 saturated carbocycles. The Morgan fingerprint density at radius 2 is 0.897 bits per heavy atom. The lowest BCUT2D eigenvalue weighted by atomic mass is 10.0. The first-order valence-electron chi connectivity index (χ1n) is 28.5. The summed E-state index contributed by atoms with van der Waals surface area (Å²) in [6, 6.07) is -0.849. The molecule has 0 spiro atoms. The summed E-state index contributed by atoms with van der Waals surface area (Å²) in [4.78, 5) is 37.5. The van der Waals surface area contributed by atoms with Gasteiger partial charge >= 0.3 is 13.8 Å². The van der Waals surface area contributed by atoms with Gasteiger partial charge in [0, 0.05) is 12.8 Å². The number of nitrogens with zero attached hydrogens (tertiary/aromatic N) is 1. The van der Waals surface area contributed by atoms with Crippen molar-refractivity contribution in [2.24, 2.45) is 0 Å². The van der Waals surface area contributed by atoms with Crippen LogP contribution < -0.4 is 5.32 Å². The number of esters is 1. The van der Waals surface area contributed by atoms with E-state index in [0.29, 0.717) is 17.4 Å². The van der Waals surface area contributed by atoms with Gasteiger partial charge < -0.3 is 19.4 Å². The standard InChI is InChI=1S/C58H109N2O7P/c1-7-10-13-16-19-22-25-27-28-29-30-31-32-33-36-39-42-45-48-51-58(62)67-56(49-46-43-40-37-35-26-23-20-17-14-11-8-2)55(54-66-68(63,64)65-53-52-60(4,5)6)59-57(61)50-47-44-41-38-34-24-21-18-15-12-9-3/h19,22,27-28,30-31,46,49,55-56H,7-18,20-21,23-26,29,32-45,47-48,50-54H2,1-6H3,(H-,59,61,63,64)/p+1/b22-19-,28-27-,31-30-,49-46+. The third-order valence-electron chi connectivity index (χ3n) is 12.5. The summed E-state index contributed by atoms with van der Waals surface area (Å²) in [6.45, 7) is 6.97. The molecule has 0 aliphatic carbocycles. The summed E-state index contributed by atoms with van der Waals surface area (Å²) in [5.41, 5.74) is 0. The van der Waals surface area contributed by atoms with Gasteiger partial charge in [0.15, 0.2) is 0 Å². The molecule has 9 nitrogen and oxygen atoms in total. The molecule has 398 valence electrons. The highest BCUT2D eigenvalue weighted by atomic mass is 31.2. The van der Waals surface area contributed by atoms with Crippen LogP contribution >= 0.6 is 7.82 Å². The Morgan fingerprint density at radius 3 is 1.37 bits per heavy atom. The van der Waals surface area contributed by atoms with Crippen molar-refractivity contribution in [3.05, 3.63) is 48.6 Å². The number of ether oxygens (including phenoxy) is 1. The lowest BCUT2D eigenvalue weighted by Crippen LogP contribution is -2.47. The van der Waals surface area contributed by atoms with Crippen molar-refractivity contribution in [1.82, 2.24) is 5.32 Å². The number of likely N-dealkylation sites (N-methyl/N-ethyl adjacent to an activating group) is 1. The predicted octanol–water partition coefficient (Wildman–Crippen LogP) is 16.9. The first kappa shape index (κ1) is 66.0. The molecule has 0 saturated heterocycles. The average molecular weight is 978 g/mol. The fourth-order valence-corrected chi connectivity index (χ4v) is 8.80. The summed E-state index contributed by atoms with van der Waals surface area (Å²) >= 11 is 0. The molecule has 0 radical (unpaired) electrons. The Bertz CT molecular complexity index is 1310. The van der Waals surface area contributed by atoms with Gasteiger partial charge in [0.2, 0.25) is 5.91 Å². The van der Waals surface area contributed by atoms with Crippen molar-refractivity contribution >= 4 is 19.7 Å². The van der Waals surface area contributed by atoms with Crippen LogP contribution in [-0.4, -0.2) is 74.3 Å². The van der Waals surface area contributed by atoms with E-state index in [1.54, 1.807) is 0 Å². The average Bonchev–Trinajstić information content (AvgIpc) is 3.29. The fraction of sp³-hybridized carbons (Fsp3) is 0.828. The minimum Gasteiger partial charge on any atom is -0.456 e. The number of hydrogen-bond donors (Lipinski definition) is 2. The molecule has 0 aliphatic rings. The minimum absolute atomic E-state index is 0.0386. The van der Waals surface area contributed by atoms with Crippen LogP contribution in [0.4, 0.5) is 0 Å². The van der Waals surface area contributed by atoms with Crippen LogP contribution in [0.3, 0.4) is 0 Å². The highest BCUT2D eigenvalue weighted by Crippen LogP contribution is 2.43. The lowest BCUT2D eigenvalue weighted by molar-refractivity contribution is -0.870. The van der Waals surface area contributed by atoms with Crippen molar-refractivity contribution in [3.8, 4) is 0 Å². The molecular weight excluding hydrogens is 868 g/mol. The van der Waals surface area contributed by atoms with Crippen molar-refractivity contribution < 1.29 is 37.3 Å².